The summed E-state index contributed by atoms with van der Waals surface area (Å²) < 4.78 is 11.9. The Morgan fingerprint density at radius 2 is 2.42 bits per heavy atom. The minimum atomic E-state index is -0.205. The lowest BCUT2D eigenvalue weighted by Gasteiger charge is -2.12. The standard InChI is InChI=1S/C13H17N3O3/c1-9(7-10-5-4-6-19-10)14-12(17)11-8-16(2)15-13(11)18-3/h4-6,8-9H,7H2,1-3H3,(H,14,17)/t9-/m1/s1. The Kier molecular flexibility index (Phi) is 3.89. The van der Waals surface area contributed by atoms with Crippen molar-refractivity contribution in [1.29, 1.82) is 0 Å². The van der Waals surface area contributed by atoms with Crippen molar-refractivity contribution in [3.05, 3.63) is 35.9 Å². The van der Waals surface area contributed by atoms with Crippen molar-refractivity contribution >= 4 is 5.91 Å². The lowest BCUT2D eigenvalue weighted by atomic mass is 10.2. The van der Waals surface area contributed by atoms with E-state index >= 15 is 0 Å². The van der Waals surface area contributed by atoms with Crippen LogP contribution in [0.25, 0.3) is 0 Å². The molecule has 1 amide bonds. The molecule has 2 rings (SSSR count). The number of furan rings is 1. The summed E-state index contributed by atoms with van der Waals surface area (Å²) in [5.41, 5.74) is 0.427. The highest BCUT2D eigenvalue weighted by Gasteiger charge is 2.18. The molecule has 0 aliphatic carbocycles. The summed E-state index contributed by atoms with van der Waals surface area (Å²) in [6.07, 6.45) is 3.89. The maximum atomic E-state index is 12.1. The minimum Gasteiger partial charge on any atom is -0.479 e. The van der Waals surface area contributed by atoms with E-state index in [4.69, 9.17) is 9.15 Å². The second-order valence-corrected chi connectivity index (χ2v) is 4.38. The van der Waals surface area contributed by atoms with Crippen LogP contribution in [0.4, 0.5) is 0 Å². The minimum absolute atomic E-state index is 0.0384. The van der Waals surface area contributed by atoms with Crippen LogP contribution in [-0.4, -0.2) is 28.8 Å². The number of ether oxygens (including phenoxy) is 1. The Bertz CT molecular complexity index is 545. The largest absolute Gasteiger partial charge is 0.479 e. The van der Waals surface area contributed by atoms with Gasteiger partial charge in [0.05, 0.1) is 13.4 Å². The number of aromatic nitrogens is 2. The highest BCUT2D eigenvalue weighted by molar-refractivity contribution is 5.96. The fourth-order valence-electron chi connectivity index (χ4n) is 1.86. The molecule has 0 radical (unpaired) electrons. The molecule has 0 saturated carbocycles. The lowest BCUT2D eigenvalue weighted by Crippen LogP contribution is -2.34. The first-order valence-corrected chi connectivity index (χ1v) is 6.01. The molecule has 0 fully saturated rings. The predicted octanol–water partition coefficient (Wildman–Crippen LogP) is 1.38. The molecule has 2 aromatic rings. The van der Waals surface area contributed by atoms with Crippen molar-refractivity contribution in [2.75, 3.05) is 7.11 Å². The van der Waals surface area contributed by atoms with Crippen molar-refractivity contribution in [1.82, 2.24) is 15.1 Å². The first-order chi connectivity index (χ1) is 9.10. The summed E-state index contributed by atoms with van der Waals surface area (Å²) in [6, 6.07) is 3.67. The normalized spacial score (nSPS) is 12.2. The fraction of sp³-hybridized carbons (Fsp3) is 0.385. The number of carbonyl (C=O) groups is 1. The summed E-state index contributed by atoms with van der Waals surface area (Å²) in [5, 5.41) is 6.94. The molecular weight excluding hydrogens is 246 g/mol. The zero-order valence-corrected chi connectivity index (χ0v) is 11.2. The van der Waals surface area contributed by atoms with Gasteiger partial charge in [0.2, 0.25) is 5.88 Å². The molecule has 0 spiro atoms. The van der Waals surface area contributed by atoms with Crippen LogP contribution >= 0.6 is 0 Å². The van der Waals surface area contributed by atoms with Crippen molar-refractivity contribution in [3.63, 3.8) is 0 Å². The van der Waals surface area contributed by atoms with Gasteiger partial charge in [-0.2, -0.15) is 0 Å². The third kappa shape index (κ3) is 3.15. The molecule has 19 heavy (non-hydrogen) atoms. The smallest absolute Gasteiger partial charge is 0.258 e. The van der Waals surface area contributed by atoms with E-state index in [2.05, 4.69) is 10.4 Å². The van der Waals surface area contributed by atoms with Crippen LogP contribution < -0.4 is 10.1 Å². The monoisotopic (exact) mass is 263 g/mol. The van der Waals surface area contributed by atoms with E-state index in [9.17, 15) is 4.79 Å². The summed E-state index contributed by atoms with van der Waals surface area (Å²) in [6.45, 7) is 1.92. The molecule has 1 atom stereocenters. The zero-order chi connectivity index (χ0) is 13.8. The van der Waals surface area contributed by atoms with Crippen LogP contribution in [-0.2, 0) is 13.5 Å². The Balaban J connectivity index is 2.00. The van der Waals surface area contributed by atoms with Gasteiger partial charge < -0.3 is 14.5 Å². The summed E-state index contributed by atoms with van der Waals surface area (Å²) in [4.78, 5) is 12.1. The number of hydrogen-bond acceptors (Lipinski definition) is 4. The lowest BCUT2D eigenvalue weighted by molar-refractivity contribution is 0.0936. The van der Waals surface area contributed by atoms with Crippen LogP contribution in [0.2, 0.25) is 0 Å². The Morgan fingerprint density at radius 1 is 1.63 bits per heavy atom. The number of amides is 1. The third-order valence-corrected chi connectivity index (χ3v) is 2.70. The quantitative estimate of drug-likeness (QED) is 0.885. The number of carbonyl (C=O) groups excluding carboxylic acids is 1. The SMILES string of the molecule is COc1nn(C)cc1C(=O)N[C@H](C)Cc1ccco1. The van der Waals surface area contributed by atoms with Gasteiger partial charge in [0, 0.05) is 25.7 Å². The molecule has 6 nitrogen and oxygen atoms in total. The van der Waals surface area contributed by atoms with Gasteiger partial charge in [-0.05, 0) is 19.1 Å². The molecular formula is C13H17N3O3. The van der Waals surface area contributed by atoms with E-state index in [1.165, 1.54) is 7.11 Å². The zero-order valence-electron chi connectivity index (χ0n) is 11.2. The van der Waals surface area contributed by atoms with Gasteiger partial charge in [0.15, 0.2) is 0 Å². The average molecular weight is 263 g/mol. The summed E-state index contributed by atoms with van der Waals surface area (Å²) in [5.74, 6) is 0.958. The molecule has 0 aliphatic heterocycles. The van der Waals surface area contributed by atoms with Gasteiger partial charge in [-0.25, -0.2) is 0 Å². The molecule has 2 aromatic heterocycles. The Hall–Kier alpha value is -2.24. The van der Waals surface area contributed by atoms with Crippen LogP contribution in [0, 0.1) is 0 Å². The molecule has 6 heteroatoms. The summed E-state index contributed by atoms with van der Waals surface area (Å²) in [7, 11) is 3.23. The Labute approximate surface area is 111 Å². The number of rotatable bonds is 5. The van der Waals surface area contributed by atoms with Gasteiger partial charge >= 0.3 is 0 Å². The van der Waals surface area contributed by atoms with Crippen molar-refractivity contribution in [2.24, 2.45) is 7.05 Å². The molecule has 1 N–H and O–H groups in total. The first-order valence-electron chi connectivity index (χ1n) is 6.01. The molecule has 0 saturated heterocycles. The van der Waals surface area contributed by atoms with Crippen molar-refractivity contribution in [2.45, 2.75) is 19.4 Å². The number of aryl methyl sites for hydroxylation is 1. The van der Waals surface area contributed by atoms with Crippen LogP contribution in [0.1, 0.15) is 23.0 Å². The van der Waals surface area contributed by atoms with Gasteiger partial charge in [-0.15, -0.1) is 5.10 Å². The average Bonchev–Trinajstić information content (AvgIpc) is 2.97. The molecule has 0 unspecified atom stereocenters. The third-order valence-electron chi connectivity index (χ3n) is 2.70. The van der Waals surface area contributed by atoms with Gasteiger partial charge in [-0.3, -0.25) is 9.48 Å². The predicted molar refractivity (Wildman–Crippen MR) is 69.1 cm³/mol. The topological polar surface area (TPSA) is 69.3 Å². The molecule has 102 valence electrons. The van der Waals surface area contributed by atoms with Crippen LogP contribution in [0.15, 0.2) is 29.0 Å². The summed E-state index contributed by atoms with van der Waals surface area (Å²) >= 11 is 0. The van der Waals surface area contributed by atoms with E-state index in [0.717, 1.165) is 5.76 Å². The van der Waals surface area contributed by atoms with E-state index in [1.54, 1.807) is 24.2 Å². The second-order valence-electron chi connectivity index (χ2n) is 4.38. The molecule has 2 heterocycles. The van der Waals surface area contributed by atoms with Gasteiger partial charge in [0.1, 0.15) is 11.3 Å². The van der Waals surface area contributed by atoms with Crippen LogP contribution in [0.5, 0.6) is 5.88 Å². The molecule has 0 aliphatic rings. The number of hydrogen-bond donors (Lipinski definition) is 1. The highest BCUT2D eigenvalue weighted by atomic mass is 16.5. The Morgan fingerprint density at radius 3 is 3.05 bits per heavy atom. The van der Waals surface area contributed by atoms with E-state index in [0.29, 0.717) is 17.9 Å². The van der Waals surface area contributed by atoms with E-state index in [1.807, 2.05) is 19.1 Å². The number of nitrogens with one attached hydrogen (secondary N) is 1. The second kappa shape index (κ2) is 5.60. The fourth-order valence-corrected chi connectivity index (χ4v) is 1.86. The van der Waals surface area contributed by atoms with E-state index in [-0.39, 0.29) is 11.9 Å². The maximum Gasteiger partial charge on any atom is 0.258 e. The van der Waals surface area contributed by atoms with Crippen molar-refractivity contribution in [3.8, 4) is 5.88 Å². The number of nitrogens with zero attached hydrogens (tertiary/aromatic N) is 2. The van der Waals surface area contributed by atoms with E-state index < -0.39 is 0 Å². The molecule has 0 aromatic carbocycles. The number of methoxy groups -OCH3 is 1. The highest BCUT2D eigenvalue weighted by Crippen LogP contribution is 2.15. The van der Waals surface area contributed by atoms with Crippen LogP contribution in [0.3, 0.4) is 0 Å². The van der Waals surface area contributed by atoms with Gasteiger partial charge in [0.25, 0.3) is 5.91 Å². The maximum absolute atomic E-state index is 12.1. The molecule has 0 bridgehead atoms. The van der Waals surface area contributed by atoms with Gasteiger partial charge in [-0.1, -0.05) is 0 Å². The first kappa shape index (κ1) is 13.2. The van der Waals surface area contributed by atoms with Crippen molar-refractivity contribution < 1.29 is 13.9 Å².